The van der Waals surface area contributed by atoms with E-state index in [4.69, 9.17) is 5.11 Å². The second kappa shape index (κ2) is 4.40. The third kappa shape index (κ3) is 2.36. The molecule has 1 aliphatic heterocycles. The monoisotopic (exact) mass is 275 g/mol. The number of hydrogen-bond donors (Lipinski definition) is 1. The van der Waals surface area contributed by atoms with Gasteiger partial charge in [0, 0.05) is 18.5 Å². The highest BCUT2D eigenvalue weighted by Crippen LogP contribution is 2.27. The molecule has 1 aromatic rings. The van der Waals surface area contributed by atoms with Gasteiger partial charge < -0.3 is 5.11 Å². The van der Waals surface area contributed by atoms with Crippen LogP contribution in [0.5, 0.6) is 0 Å². The van der Waals surface area contributed by atoms with E-state index in [-0.39, 0.29) is 9.77 Å². The second-order valence-corrected chi connectivity index (χ2v) is 7.06. The van der Waals surface area contributed by atoms with Gasteiger partial charge >= 0.3 is 5.97 Å². The molecule has 0 bridgehead atoms. The Morgan fingerprint density at radius 2 is 2.29 bits per heavy atom. The van der Waals surface area contributed by atoms with Crippen molar-refractivity contribution in [3.63, 3.8) is 0 Å². The molecule has 1 atom stereocenters. The van der Waals surface area contributed by atoms with Crippen LogP contribution < -0.4 is 0 Å². The molecular formula is C10H13NO4S2. The van der Waals surface area contributed by atoms with Gasteiger partial charge in [0.1, 0.15) is 4.88 Å². The Bertz CT molecular complexity index is 534. The number of carboxylic acid groups (broad SMARTS) is 1. The maximum absolute atomic E-state index is 12.2. The predicted octanol–water partition coefficient (Wildman–Crippen LogP) is 1.48. The van der Waals surface area contributed by atoms with Gasteiger partial charge in [0.05, 0.1) is 4.90 Å². The van der Waals surface area contributed by atoms with Gasteiger partial charge in [0.15, 0.2) is 0 Å². The van der Waals surface area contributed by atoms with Gasteiger partial charge in [-0.15, -0.1) is 11.3 Å². The summed E-state index contributed by atoms with van der Waals surface area (Å²) in [7, 11) is -3.50. The quantitative estimate of drug-likeness (QED) is 0.906. The number of hydrogen-bond acceptors (Lipinski definition) is 4. The third-order valence-electron chi connectivity index (χ3n) is 2.81. The smallest absolute Gasteiger partial charge is 0.345 e. The largest absolute Gasteiger partial charge is 0.477 e. The number of nitrogens with zero attached hydrogens (tertiary/aromatic N) is 1. The van der Waals surface area contributed by atoms with Gasteiger partial charge in [0.2, 0.25) is 10.0 Å². The summed E-state index contributed by atoms with van der Waals surface area (Å²) in [4.78, 5) is 10.9. The van der Waals surface area contributed by atoms with Gasteiger partial charge in [0.25, 0.3) is 0 Å². The molecular weight excluding hydrogens is 262 g/mol. The molecule has 2 heterocycles. The molecule has 17 heavy (non-hydrogen) atoms. The topological polar surface area (TPSA) is 74.7 Å². The van der Waals surface area contributed by atoms with Crippen molar-refractivity contribution in [1.82, 2.24) is 4.31 Å². The Morgan fingerprint density at radius 1 is 1.59 bits per heavy atom. The first-order valence-corrected chi connectivity index (χ1v) is 7.55. The number of carboxylic acids is 1. The molecule has 5 nitrogen and oxygen atoms in total. The second-order valence-electron chi connectivity index (χ2n) is 4.21. The van der Waals surface area contributed by atoms with E-state index >= 15 is 0 Å². The standard InChI is InChI=1S/C10H13NO4S2/c1-7-2-3-11(5-7)17(14,15)8-4-9(10(12)13)16-6-8/h4,6-7H,2-3,5H2,1H3,(H,12,13). The summed E-state index contributed by atoms with van der Waals surface area (Å²) in [6.45, 7) is 3.04. The van der Waals surface area contributed by atoms with Gasteiger partial charge in [-0.3, -0.25) is 0 Å². The van der Waals surface area contributed by atoms with E-state index in [1.807, 2.05) is 6.92 Å². The van der Waals surface area contributed by atoms with E-state index in [1.54, 1.807) is 0 Å². The molecule has 1 aromatic heterocycles. The summed E-state index contributed by atoms with van der Waals surface area (Å²) in [5.41, 5.74) is 0. The number of thiophene rings is 1. The van der Waals surface area contributed by atoms with Crippen LogP contribution in [0, 0.1) is 5.92 Å². The molecule has 7 heteroatoms. The molecule has 0 amide bonds. The van der Waals surface area contributed by atoms with Crippen LogP contribution >= 0.6 is 11.3 Å². The zero-order valence-corrected chi connectivity index (χ0v) is 10.9. The summed E-state index contributed by atoms with van der Waals surface area (Å²) in [5, 5.41) is 10.2. The van der Waals surface area contributed by atoms with E-state index in [0.717, 1.165) is 17.8 Å². The Labute approximate surface area is 104 Å². The summed E-state index contributed by atoms with van der Waals surface area (Å²) in [5.74, 6) is -0.728. The molecule has 1 unspecified atom stereocenters. The number of sulfonamides is 1. The van der Waals surface area contributed by atoms with Crippen molar-refractivity contribution in [3.8, 4) is 0 Å². The van der Waals surface area contributed by atoms with Crippen molar-refractivity contribution in [3.05, 3.63) is 16.3 Å². The van der Waals surface area contributed by atoms with Gasteiger partial charge in [-0.1, -0.05) is 6.92 Å². The van der Waals surface area contributed by atoms with Gasteiger partial charge in [-0.2, -0.15) is 4.31 Å². The molecule has 0 radical (unpaired) electrons. The lowest BCUT2D eigenvalue weighted by Gasteiger charge is -2.14. The van der Waals surface area contributed by atoms with Crippen LogP contribution in [0.4, 0.5) is 0 Å². The zero-order chi connectivity index (χ0) is 12.6. The fraction of sp³-hybridized carbons (Fsp3) is 0.500. The van der Waals surface area contributed by atoms with Crippen LogP contribution in [0.15, 0.2) is 16.3 Å². The van der Waals surface area contributed by atoms with E-state index in [2.05, 4.69) is 0 Å². The minimum absolute atomic E-state index is 0.0517. The molecule has 1 aliphatic rings. The number of carbonyl (C=O) groups is 1. The normalized spacial score (nSPS) is 21.8. The Morgan fingerprint density at radius 3 is 2.76 bits per heavy atom. The van der Waals surface area contributed by atoms with Crippen molar-refractivity contribution in [2.24, 2.45) is 5.92 Å². The van der Waals surface area contributed by atoms with E-state index in [1.165, 1.54) is 15.8 Å². The van der Waals surface area contributed by atoms with Crippen LogP contribution in [0.25, 0.3) is 0 Å². The van der Waals surface area contributed by atoms with Crippen molar-refractivity contribution in [1.29, 1.82) is 0 Å². The van der Waals surface area contributed by atoms with Crippen molar-refractivity contribution >= 4 is 27.3 Å². The van der Waals surface area contributed by atoms with E-state index in [0.29, 0.717) is 19.0 Å². The minimum Gasteiger partial charge on any atom is -0.477 e. The molecule has 0 aliphatic carbocycles. The Kier molecular flexibility index (Phi) is 3.24. The predicted molar refractivity (Wildman–Crippen MR) is 63.8 cm³/mol. The summed E-state index contributed by atoms with van der Waals surface area (Å²) < 4.78 is 25.7. The van der Waals surface area contributed by atoms with E-state index < -0.39 is 16.0 Å². The van der Waals surface area contributed by atoms with Crippen LogP contribution in [0.3, 0.4) is 0 Å². The first kappa shape index (κ1) is 12.5. The fourth-order valence-electron chi connectivity index (χ4n) is 1.83. The van der Waals surface area contributed by atoms with Gasteiger partial charge in [-0.05, 0) is 18.4 Å². The first-order valence-electron chi connectivity index (χ1n) is 5.23. The molecule has 1 saturated heterocycles. The number of aromatic carboxylic acids is 1. The lowest BCUT2D eigenvalue weighted by Crippen LogP contribution is -2.28. The highest BCUT2D eigenvalue weighted by atomic mass is 32.2. The minimum atomic E-state index is -3.50. The summed E-state index contributed by atoms with van der Waals surface area (Å²) in [6.07, 6.45) is 0.856. The summed E-state index contributed by atoms with van der Waals surface area (Å²) >= 11 is 0.939. The Balaban J connectivity index is 2.28. The molecule has 0 spiro atoms. The maximum atomic E-state index is 12.2. The van der Waals surface area contributed by atoms with Crippen LogP contribution in [-0.2, 0) is 10.0 Å². The van der Waals surface area contributed by atoms with Crippen molar-refractivity contribution in [2.45, 2.75) is 18.2 Å². The maximum Gasteiger partial charge on any atom is 0.345 e. The van der Waals surface area contributed by atoms with E-state index in [9.17, 15) is 13.2 Å². The van der Waals surface area contributed by atoms with Crippen LogP contribution in [0.2, 0.25) is 0 Å². The zero-order valence-electron chi connectivity index (χ0n) is 9.29. The van der Waals surface area contributed by atoms with Crippen LogP contribution in [0.1, 0.15) is 23.0 Å². The highest BCUT2D eigenvalue weighted by Gasteiger charge is 2.31. The van der Waals surface area contributed by atoms with Gasteiger partial charge in [-0.25, -0.2) is 13.2 Å². The first-order chi connectivity index (χ1) is 7.91. The average molecular weight is 275 g/mol. The summed E-state index contributed by atoms with van der Waals surface area (Å²) in [6, 6.07) is 1.23. The average Bonchev–Trinajstić information content (AvgIpc) is 2.85. The third-order valence-corrected chi connectivity index (χ3v) is 5.72. The molecule has 2 rings (SSSR count). The van der Waals surface area contributed by atoms with Crippen molar-refractivity contribution in [2.75, 3.05) is 13.1 Å². The SMILES string of the molecule is CC1CCN(S(=O)(=O)c2csc(C(=O)O)c2)C1. The molecule has 1 N–H and O–H groups in total. The Hall–Kier alpha value is -0.920. The lowest BCUT2D eigenvalue weighted by molar-refractivity contribution is 0.0702. The molecule has 0 aromatic carbocycles. The van der Waals surface area contributed by atoms with Crippen molar-refractivity contribution < 1.29 is 18.3 Å². The highest BCUT2D eigenvalue weighted by molar-refractivity contribution is 7.89. The lowest BCUT2D eigenvalue weighted by atomic mass is 10.2. The molecule has 94 valence electrons. The number of rotatable bonds is 3. The molecule has 0 saturated carbocycles. The van der Waals surface area contributed by atoms with Crippen LogP contribution in [-0.4, -0.2) is 36.9 Å². The fourth-order valence-corrected chi connectivity index (χ4v) is 4.50. The molecule has 1 fully saturated rings.